The lowest BCUT2D eigenvalue weighted by atomic mass is 10.4. The van der Waals surface area contributed by atoms with E-state index in [1.807, 2.05) is 0 Å². The summed E-state index contributed by atoms with van der Waals surface area (Å²) in [5, 5.41) is 0. The quantitative estimate of drug-likeness (QED) is 0.384. The molecule has 0 saturated carbocycles. The Labute approximate surface area is 48.1 Å². The number of rotatable bonds is 0. The predicted molar refractivity (Wildman–Crippen MR) is 35.8 cm³/mol. The summed E-state index contributed by atoms with van der Waals surface area (Å²) < 4.78 is 0. The molecule has 1 fully saturated rings. The third-order valence-corrected chi connectivity index (χ3v) is 2.57. The third-order valence-electron chi connectivity index (χ3n) is 1.63. The van der Waals surface area contributed by atoms with E-state index >= 15 is 0 Å². The van der Waals surface area contributed by atoms with Crippen LogP contribution in [0.4, 0.5) is 0 Å². The van der Waals surface area contributed by atoms with Crippen LogP contribution in [0, 0.1) is 0 Å². The summed E-state index contributed by atoms with van der Waals surface area (Å²) in [7, 11) is 3.61. The minimum Gasteiger partial charge on any atom is -0.306 e. The van der Waals surface area contributed by atoms with Gasteiger partial charge < -0.3 is 4.90 Å². The zero-order chi connectivity index (χ0) is 5.28. The number of nitrogens with zero attached hydrogens (tertiary/aromatic N) is 1. The highest BCUT2D eigenvalue weighted by atomic mass is 28.1. The maximum atomic E-state index is 2.41. The van der Waals surface area contributed by atoms with Gasteiger partial charge in [-0.3, -0.25) is 0 Å². The van der Waals surface area contributed by atoms with Crippen molar-refractivity contribution < 1.29 is 0 Å². The van der Waals surface area contributed by atoms with Gasteiger partial charge in [0.25, 0.3) is 0 Å². The summed E-state index contributed by atoms with van der Waals surface area (Å²) in [6.45, 7) is 2.71. The summed E-state index contributed by atoms with van der Waals surface area (Å²) in [6, 6.07) is 0. The molecule has 1 atom stereocenters. The molecule has 1 aliphatic heterocycles. The zero-order valence-electron chi connectivity index (χ0n) is 5.15. The number of likely N-dealkylation sites (tertiary alicyclic amines) is 1. The third kappa shape index (κ3) is 1.28. The molecule has 1 nitrogen and oxygen atoms in total. The van der Waals surface area contributed by atoms with Gasteiger partial charge in [0.05, 0.1) is 0 Å². The maximum Gasteiger partial charge on any atom is 0.00841 e. The Hall–Kier alpha value is 0.177. The number of hydrogen-bond acceptors (Lipinski definition) is 1. The highest BCUT2D eigenvalue weighted by molar-refractivity contribution is 6.11. The highest BCUT2D eigenvalue weighted by Gasteiger charge is 2.13. The molecule has 0 aliphatic carbocycles. The van der Waals surface area contributed by atoms with Crippen LogP contribution in [-0.2, 0) is 0 Å². The van der Waals surface area contributed by atoms with Gasteiger partial charge in [0.2, 0.25) is 0 Å². The van der Waals surface area contributed by atoms with Crippen molar-refractivity contribution in [2.24, 2.45) is 0 Å². The molecule has 0 amide bonds. The topological polar surface area (TPSA) is 3.24 Å². The molecule has 2 heteroatoms. The van der Waals surface area contributed by atoms with Crippen molar-refractivity contribution in [3.05, 3.63) is 0 Å². The van der Waals surface area contributed by atoms with Crippen LogP contribution in [0.1, 0.15) is 6.42 Å². The molecule has 1 rings (SSSR count). The van der Waals surface area contributed by atoms with Crippen molar-refractivity contribution in [2.75, 3.05) is 20.1 Å². The minimum atomic E-state index is 1.09. The first kappa shape index (κ1) is 5.32. The van der Waals surface area contributed by atoms with Crippen LogP contribution < -0.4 is 0 Å². The van der Waals surface area contributed by atoms with Crippen LogP contribution >= 0.6 is 0 Å². The van der Waals surface area contributed by atoms with E-state index in [1.54, 1.807) is 0 Å². The lowest BCUT2D eigenvalue weighted by molar-refractivity contribution is 0.418. The van der Waals surface area contributed by atoms with Crippen LogP contribution in [0.3, 0.4) is 0 Å². The van der Waals surface area contributed by atoms with Crippen LogP contribution in [-0.4, -0.2) is 35.3 Å². The standard InChI is InChI=1S/C5H13NSi/c1-6-3-2-5(7)4-6/h5H,2-4H2,1,7H3/t5-/m0/s1. The fourth-order valence-corrected chi connectivity index (χ4v) is 2.04. The average Bonchev–Trinajstić information content (AvgIpc) is 1.87. The summed E-state index contributed by atoms with van der Waals surface area (Å²) in [6.07, 6.45) is 1.46. The lowest BCUT2D eigenvalue weighted by Gasteiger charge is -2.03. The molecule has 0 spiro atoms. The smallest absolute Gasteiger partial charge is 0.00841 e. The normalized spacial score (nSPS) is 34.7. The van der Waals surface area contributed by atoms with Crippen molar-refractivity contribution >= 4 is 10.2 Å². The molecule has 0 N–H and O–H groups in total. The fourth-order valence-electron chi connectivity index (χ4n) is 1.16. The molecule has 0 unspecified atom stereocenters. The van der Waals surface area contributed by atoms with Crippen molar-refractivity contribution in [1.29, 1.82) is 0 Å². The Morgan fingerprint density at radius 1 is 1.71 bits per heavy atom. The van der Waals surface area contributed by atoms with Crippen molar-refractivity contribution in [3.63, 3.8) is 0 Å². The van der Waals surface area contributed by atoms with Crippen LogP contribution in [0.25, 0.3) is 0 Å². The van der Waals surface area contributed by atoms with E-state index in [-0.39, 0.29) is 0 Å². The minimum absolute atomic E-state index is 1.09. The Balaban J connectivity index is 2.26. The second-order valence-electron chi connectivity index (χ2n) is 2.66. The fraction of sp³-hybridized carbons (Fsp3) is 1.00. The molecule has 1 saturated heterocycles. The average molecular weight is 115 g/mol. The van der Waals surface area contributed by atoms with E-state index < -0.39 is 0 Å². The predicted octanol–water partition coefficient (Wildman–Crippen LogP) is -0.524. The summed E-state index contributed by atoms with van der Waals surface area (Å²) in [5.41, 5.74) is 1.09. The number of hydrogen-bond donors (Lipinski definition) is 0. The Bertz CT molecular complexity index is 57.1. The van der Waals surface area contributed by atoms with E-state index in [0.29, 0.717) is 0 Å². The molecule has 1 aliphatic rings. The largest absolute Gasteiger partial charge is 0.306 e. The summed E-state index contributed by atoms with van der Waals surface area (Å²) in [4.78, 5) is 2.41. The highest BCUT2D eigenvalue weighted by Crippen LogP contribution is 2.14. The van der Waals surface area contributed by atoms with E-state index in [2.05, 4.69) is 11.9 Å². The van der Waals surface area contributed by atoms with Crippen LogP contribution in [0.15, 0.2) is 0 Å². The molecule has 7 heavy (non-hydrogen) atoms. The van der Waals surface area contributed by atoms with Gasteiger partial charge in [0, 0.05) is 10.2 Å². The molecule has 1 heterocycles. The molecule has 0 radical (unpaired) electrons. The van der Waals surface area contributed by atoms with Crippen LogP contribution in [0.2, 0.25) is 5.54 Å². The molecule has 0 bridgehead atoms. The SMILES string of the molecule is CN1CC[C@H]([SiH3])C1. The van der Waals surface area contributed by atoms with Gasteiger partial charge in [-0.1, -0.05) is 0 Å². The summed E-state index contributed by atoms with van der Waals surface area (Å²) in [5.74, 6) is 0. The van der Waals surface area contributed by atoms with Crippen molar-refractivity contribution in [2.45, 2.75) is 12.0 Å². The molecule has 42 valence electrons. The first-order valence-corrected chi connectivity index (χ1v) is 4.13. The van der Waals surface area contributed by atoms with Gasteiger partial charge in [-0.2, -0.15) is 0 Å². The van der Waals surface area contributed by atoms with Gasteiger partial charge in [0.1, 0.15) is 0 Å². The first-order valence-electron chi connectivity index (χ1n) is 2.97. The van der Waals surface area contributed by atoms with Gasteiger partial charge in [0.15, 0.2) is 0 Å². The molecule has 0 aromatic carbocycles. The van der Waals surface area contributed by atoms with Crippen molar-refractivity contribution in [1.82, 2.24) is 4.90 Å². The van der Waals surface area contributed by atoms with E-state index in [1.165, 1.54) is 29.8 Å². The van der Waals surface area contributed by atoms with Crippen LogP contribution in [0.5, 0.6) is 0 Å². The van der Waals surface area contributed by atoms with E-state index in [4.69, 9.17) is 0 Å². The monoisotopic (exact) mass is 115 g/mol. The zero-order valence-corrected chi connectivity index (χ0v) is 7.15. The maximum absolute atomic E-state index is 2.41. The lowest BCUT2D eigenvalue weighted by Crippen LogP contribution is -2.12. The Morgan fingerprint density at radius 2 is 2.43 bits per heavy atom. The van der Waals surface area contributed by atoms with Crippen molar-refractivity contribution in [3.8, 4) is 0 Å². The summed E-state index contributed by atoms with van der Waals surface area (Å²) >= 11 is 0. The van der Waals surface area contributed by atoms with Gasteiger partial charge >= 0.3 is 0 Å². The Morgan fingerprint density at radius 3 is 2.57 bits per heavy atom. The van der Waals surface area contributed by atoms with Gasteiger partial charge in [-0.25, -0.2) is 0 Å². The first-order chi connectivity index (χ1) is 3.29. The molecule has 0 aromatic rings. The molecular formula is C5H13NSi. The van der Waals surface area contributed by atoms with E-state index in [0.717, 1.165) is 5.54 Å². The second kappa shape index (κ2) is 1.97. The molecular weight excluding hydrogens is 102 g/mol. The Kier molecular flexibility index (Phi) is 1.49. The second-order valence-corrected chi connectivity index (χ2v) is 4.29. The molecule has 0 aromatic heterocycles. The van der Waals surface area contributed by atoms with E-state index in [9.17, 15) is 0 Å². The van der Waals surface area contributed by atoms with Gasteiger partial charge in [-0.05, 0) is 32.1 Å². The van der Waals surface area contributed by atoms with Gasteiger partial charge in [-0.15, -0.1) is 0 Å².